The quantitative estimate of drug-likeness (QED) is 0.899. The molecule has 0 saturated heterocycles. The predicted octanol–water partition coefficient (Wildman–Crippen LogP) is 2.82. The molecule has 0 bridgehead atoms. The van der Waals surface area contributed by atoms with Crippen molar-refractivity contribution >= 4 is 6.09 Å². The van der Waals surface area contributed by atoms with Crippen LogP contribution in [0.15, 0.2) is 24.5 Å². The van der Waals surface area contributed by atoms with Crippen molar-refractivity contribution in [1.82, 2.24) is 10.3 Å². The number of alkyl carbamates (subject to hydrolysis) is 1. The highest BCUT2D eigenvalue weighted by atomic mass is 16.6. The Hall–Kier alpha value is -1.62. The van der Waals surface area contributed by atoms with Crippen LogP contribution in [0.5, 0.6) is 0 Å². The minimum Gasteiger partial charge on any atom is -0.444 e. The van der Waals surface area contributed by atoms with Crippen molar-refractivity contribution in [2.45, 2.75) is 70.1 Å². The molecule has 1 spiro atoms. The second-order valence-corrected chi connectivity index (χ2v) is 8.36. The monoisotopic (exact) mass is 318 g/mol. The number of nitrogens with one attached hydrogen (secondary N) is 1. The van der Waals surface area contributed by atoms with Gasteiger partial charge in [-0.3, -0.25) is 4.98 Å². The SMILES string of the molecule is CC(C)(C)OC(=O)NC1CC2(C1)CC(O)(Cc1ccncc1)C2. The third-order valence-electron chi connectivity index (χ3n) is 4.77. The molecule has 2 saturated carbocycles. The van der Waals surface area contributed by atoms with E-state index < -0.39 is 11.2 Å². The van der Waals surface area contributed by atoms with Gasteiger partial charge in [-0.15, -0.1) is 0 Å². The lowest BCUT2D eigenvalue weighted by Crippen LogP contribution is -2.63. The fourth-order valence-corrected chi connectivity index (χ4v) is 4.20. The number of carbonyl (C=O) groups is 1. The normalized spacial score (nSPS) is 32.8. The van der Waals surface area contributed by atoms with E-state index in [4.69, 9.17) is 4.74 Å². The lowest BCUT2D eigenvalue weighted by atomic mass is 9.47. The summed E-state index contributed by atoms with van der Waals surface area (Å²) in [4.78, 5) is 15.8. The number of nitrogens with zero attached hydrogens (tertiary/aromatic N) is 1. The zero-order valence-electron chi connectivity index (χ0n) is 14.1. The van der Waals surface area contributed by atoms with Crippen molar-refractivity contribution in [1.29, 1.82) is 0 Å². The summed E-state index contributed by atoms with van der Waals surface area (Å²) in [5, 5.41) is 13.6. The molecular formula is C18H26N2O3. The molecule has 5 heteroatoms. The summed E-state index contributed by atoms with van der Waals surface area (Å²) in [6, 6.07) is 4.09. The average molecular weight is 318 g/mol. The minimum atomic E-state index is -0.599. The lowest BCUT2D eigenvalue weighted by molar-refractivity contribution is -0.170. The Bertz CT molecular complexity index is 566. The van der Waals surface area contributed by atoms with Gasteiger partial charge in [0, 0.05) is 24.9 Å². The van der Waals surface area contributed by atoms with E-state index in [1.165, 1.54) is 0 Å². The largest absolute Gasteiger partial charge is 0.444 e. The topological polar surface area (TPSA) is 71.5 Å². The van der Waals surface area contributed by atoms with Crippen LogP contribution >= 0.6 is 0 Å². The van der Waals surface area contributed by atoms with Gasteiger partial charge in [0.25, 0.3) is 0 Å². The number of aromatic nitrogens is 1. The molecule has 1 aromatic rings. The van der Waals surface area contributed by atoms with Crippen molar-refractivity contribution in [2.24, 2.45) is 5.41 Å². The van der Waals surface area contributed by atoms with Crippen LogP contribution in [0.25, 0.3) is 0 Å². The van der Waals surface area contributed by atoms with Crippen LogP contribution in [0.1, 0.15) is 52.0 Å². The maximum Gasteiger partial charge on any atom is 0.407 e. The zero-order chi connectivity index (χ0) is 16.7. The van der Waals surface area contributed by atoms with Crippen LogP contribution in [0, 0.1) is 5.41 Å². The molecule has 0 unspecified atom stereocenters. The molecule has 2 aliphatic carbocycles. The first-order valence-corrected chi connectivity index (χ1v) is 8.28. The van der Waals surface area contributed by atoms with Gasteiger partial charge < -0.3 is 15.2 Å². The van der Waals surface area contributed by atoms with E-state index in [1.54, 1.807) is 12.4 Å². The number of pyridine rings is 1. The molecule has 5 nitrogen and oxygen atoms in total. The van der Waals surface area contributed by atoms with Crippen LogP contribution in [0.4, 0.5) is 4.79 Å². The molecule has 0 aliphatic heterocycles. The van der Waals surface area contributed by atoms with Crippen LogP contribution < -0.4 is 5.32 Å². The molecular weight excluding hydrogens is 292 g/mol. The Morgan fingerprint density at radius 2 is 1.96 bits per heavy atom. The van der Waals surface area contributed by atoms with Gasteiger partial charge in [0.05, 0.1) is 5.60 Å². The Kier molecular flexibility index (Phi) is 3.87. The third kappa shape index (κ3) is 3.83. The van der Waals surface area contributed by atoms with Gasteiger partial charge >= 0.3 is 6.09 Å². The summed E-state index contributed by atoms with van der Waals surface area (Å²) < 4.78 is 5.28. The Morgan fingerprint density at radius 3 is 2.52 bits per heavy atom. The molecule has 2 N–H and O–H groups in total. The fourth-order valence-electron chi connectivity index (χ4n) is 4.20. The summed E-state index contributed by atoms with van der Waals surface area (Å²) in [6.07, 6.45) is 7.36. The van der Waals surface area contributed by atoms with Crippen LogP contribution in [-0.4, -0.2) is 33.4 Å². The van der Waals surface area contributed by atoms with Gasteiger partial charge in [-0.1, -0.05) is 0 Å². The van der Waals surface area contributed by atoms with Gasteiger partial charge in [-0.05, 0) is 69.6 Å². The second-order valence-electron chi connectivity index (χ2n) is 8.36. The summed E-state index contributed by atoms with van der Waals surface area (Å²) in [6.45, 7) is 5.58. The average Bonchev–Trinajstić information content (AvgIpc) is 2.33. The molecule has 0 radical (unpaired) electrons. The highest BCUT2D eigenvalue weighted by Gasteiger charge is 2.59. The first kappa shape index (κ1) is 16.2. The predicted molar refractivity (Wildman–Crippen MR) is 86.9 cm³/mol. The van der Waals surface area contributed by atoms with E-state index in [0.29, 0.717) is 6.42 Å². The minimum absolute atomic E-state index is 0.176. The number of amides is 1. The van der Waals surface area contributed by atoms with Crippen molar-refractivity contribution in [3.8, 4) is 0 Å². The van der Waals surface area contributed by atoms with Gasteiger partial charge in [0.15, 0.2) is 0 Å². The van der Waals surface area contributed by atoms with E-state index in [-0.39, 0.29) is 17.6 Å². The number of hydrogen-bond acceptors (Lipinski definition) is 4. The molecule has 23 heavy (non-hydrogen) atoms. The highest BCUT2D eigenvalue weighted by Crippen LogP contribution is 2.61. The Morgan fingerprint density at radius 1 is 1.35 bits per heavy atom. The molecule has 0 atom stereocenters. The van der Waals surface area contributed by atoms with Crippen LogP contribution in [0.3, 0.4) is 0 Å². The first-order chi connectivity index (χ1) is 10.7. The number of ether oxygens (including phenoxy) is 1. The van der Waals surface area contributed by atoms with E-state index >= 15 is 0 Å². The Balaban J connectivity index is 1.43. The molecule has 126 valence electrons. The molecule has 1 amide bonds. The van der Waals surface area contributed by atoms with Crippen LogP contribution in [0.2, 0.25) is 0 Å². The molecule has 1 aromatic heterocycles. The molecule has 0 aromatic carbocycles. The number of aliphatic hydroxyl groups is 1. The van der Waals surface area contributed by atoms with E-state index in [1.807, 2.05) is 32.9 Å². The van der Waals surface area contributed by atoms with Gasteiger partial charge in [0.2, 0.25) is 0 Å². The van der Waals surface area contributed by atoms with Crippen LogP contribution in [-0.2, 0) is 11.2 Å². The van der Waals surface area contributed by atoms with E-state index in [2.05, 4.69) is 10.3 Å². The van der Waals surface area contributed by atoms with Crippen molar-refractivity contribution in [2.75, 3.05) is 0 Å². The summed E-state index contributed by atoms with van der Waals surface area (Å²) >= 11 is 0. The van der Waals surface area contributed by atoms with Crippen molar-refractivity contribution in [3.63, 3.8) is 0 Å². The lowest BCUT2D eigenvalue weighted by Gasteiger charge is -2.61. The van der Waals surface area contributed by atoms with Gasteiger partial charge in [-0.25, -0.2) is 4.79 Å². The summed E-state index contributed by atoms with van der Waals surface area (Å²) in [5.41, 5.74) is 0.270. The summed E-state index contributed by atoms with van der Waals surface area (Å²) in [5.74, 6) is 0. The third-order valence-corrected chi connectivity index (χ3v) is 4.77. The number of rotatable bonds is 3. The number of carbonyl (C=O) groups excluding carboxylic acids is 1. The maximum absolute atomic E-state index is 11.8. The van der Waals surface area contributed by atoms with Gasteiger partial charge in [-0.2, -0.15) is 0 Å². The summed E-state index contributed by atoms with van der Waals surface area (Å²) in [7, 11) is 0. The van der Waals surface area contributed by atoms with E-state index in [9.17, 15) is 9.90 Å². The molecule has 2 aliphatic rings. The highest BCUT2D eigenvalue weighted by molar-refractivity contribution is 5.68. The second kappa shape index (κ2) is 5.48. The van der Waals surface area contributed by atoms with Gasteiger partial charge in [0.1, 0.15) is 5.60 Å². The van der Waals surface area contributed by atoms with Crippen molar-refractivity contribution in [3.05, 3.63) is 30.1 Å². The molecule has 1 heterocycles. The number of hydrogen-bond donors (Lipinski definition) is 2. The first-order valence-electron chi connectivity index (χ1n) is 8.28. The molecule has 2 fully saturated rings. The Labute approximate surface area is 137 Å². The maximum atomic E-state index is 11.8. The zero-order valence-corrected chi connectivity index (χ0v) is 14.1. The van der Waals surface area contributed by atoms with E-state index in [0.717, 1.165) is 31.2 Å². The fraction of sp³-hybridized carbons (Fsp3) is 0.667. The van der Waals surface area contributed by atoms with Crippen molar-refractivity contribution < 1.29 is 14.6 Å². The smallest absolute Gasteiger partial charge is 0.407 e. The standard InChI is InChI=1S/C18H26N2O3/c1-16(2,3)23-15(21)20-14-9-17(10-14)11-18(22,12-17)8-13-4-6-19-7-5-13/h4-7,14,22H,8-12H2,1-3H3,(H,20,21). The molecule has 3 rings (SSSR count).